The molecule has 0 amide bonds. The number of aryl methyl sites for hydroxylation is 1. The third-order valence-corrected chi connectivity index (χ3v) is 16.8. The maximum atomic E-state index is 6.41. The predicted molar refractivity (Wildman–Crippen MR) is 290 cm³/mol. The topological polar surface area (TPSA) is 13.1 Å². The second kappa shape index (κ2) is 15.8. The van der Waals surface area contributed by atoms with Crippen molar-refractivity contribution < 1.29 is 4.42 Å². The Morgan fingerprint density at radius 3 is 1.91 bits per heavy atom. The summed E-state index contributed by atoms with van der Waals surface area (Å²) < 4.78 is 6.41. The Labute approximate surface area is 406 Å². The van der Waals surface area contributed by atoms with E-state index in [9.17, 15) is 0 Å². The number of hydrogen-bond donors (Lipinski definition) is 0. The van der Waals surface area contributed by atoms with Crippen molar-refractivity contribution in [2.75, 3.05) is 0 Å². The lowest BCUT2D eigenvalue weighted by Crippen LogP contribution is -2.29. The number of allylic oxidation sites excluding steroid dienone is 8. The summed E-state index contributed by atoms with van der Waals surface area (Å²) in [7, 11) is 0. The van der Waals surface area contributed by atoms with Crippen LogP contribution in [-0.4, -0.2) is 0 Å². The molecule has 1 heteroatoms. The van der Waals surface area contributed by atoms with E-state index in [0.717, 1.165) is 46.8 Å². The Morgan fingerprint density at radius 2 is 1.20 bits per heavy atom. The van der Waals surface area contributed by atoms with Crippen molar-refractivity contribution >= 4 is 27.5 Å². The van der Waals surface area contributed by atoms with E-state index in [1.165, 1.54) is 100 Å². The predicted octanol–water partition coefficient (Wildman–Crippen LogP) is 18.1. The van der Waals surface area contributed by atoms with Gasteiger partial charge < -0.3 is 4.42 Å². The minimum Gasteiger partial charge on any atom is -0.455 e. The van der Waals surface area contributed by atoms with Crippen molar-refractivity contribution in [3.63, 3.8) is 0 Å². The highest BCUT2D eigenvalue weighted by Crippen LogP contribution is 2.67. The monoisotopic (exact) mass is 888 g/mol. The third kappa shape index (κ3) is 6.36. The van der Waals surface area contributed by atoms with Gasteiger partial charge in [-0.1, -0.05) is 214 Å². The minimum atomic E-state index is -0.349. The Hall–Kier alpha value is -7.48. The lowest BCUT2D eigenvalue weighted by Gasteiger charge is -2.37. The molecule has 334 valence electrons. The van der Waals surface area contributed by atoms with Crippen LogP contribution in [0, 0.1) is 25.2 Å². The highest BCUT2D eigenvalue weighted by Gasteiger charge is 2.55. The van der Waals surface area contributed by atoms with E-state index in [0.29, 0.717) is 11.8 Å². The maximum absolute atomic E-state index is 6.41. The van der Waals surface area contributed by atoms with E-state index in [1.807, 2.05) is 6.07 Å². The highest BCUT2D eigenvalue weighted by molar-refractivity contribution is 6.09. The van der Waals surface area contributed by atoms with E-state index in [2.05, 4.69) is 229 Å². The van der Waals surface area contributed by atoms with Crippen molar-refractivity contribution in [1.82, 2.24) is 0 Å². The van der Waals surface area contributed by atoms with Gasteiger partial charge in [0.2, 0.25) is 0 Å². The normalized spacial score (nSPS) is 17.5. The molecule has 1 heterocycles. The molecule has 9 aromatic rings. The van der Waals surface area contributed by atoms with Gasteiger partial charge in [-0.3, -0.25) is 0 Å². The smallest absolute Gasteiger partial charge is 0.143 e. The summed E-state index contributed by atoms with van der Waals surface area (Å²) in [6.45, 7) is 11.9. The quantitative estimate of drug-likeness (QED) is 0.155. The summed E-state index contributed by atoms with van der Waals surface area (Å²) in [4.78, 5) is 0. The van der Waals surface area contributed by atoms with E-state index < -0.39 is 0 Å². The first-order valence-electron chi connectivity index (χ1n) is 25.0. The first kappa shape index (κ1) is 41.7. The van der Waals surface area contributed by atoms with Gasteiger partial charge in [0.15, 0.2) is 0 Å². The Morgan fingerprint density at radius 1 is 0.594 bits per heavy atom. The molecule has 69 heavy (non-hydrogen) atoms. The van der Waals surface area contributed by atoms with Crippen LogP contribution in [0.1, 0.15) is 84.0 Å². The third-order valence-electron chi connectivity index (χ3n) is 16.8. The van der Waals surface area contributed by atoms with Crippen LogP contribution in [0.15, 0.2) is 216 Å². The molecule has 8 aromatic carbocycles. The van der Waals surface area contributed by atoms with Crippen molar-refractivity contribution in [3.05, 3.63) is 256 Å². The lowest BCUT2D eigenvalue weighted by atomic mass is 9.65. The van der Waals surface area contributed by atoms with Crippen LogP contribution >= 0.6 is 0 Å². The van der Waals surface area contributed by atoms with Gasteiger partial charge in [-0.2, -0.15) is 0 Å². The number of para-hydroxylation sites is 2. The van der Waals surface area contributed by atoms with E-state index in [4.69, 9.17) is 4.42 Å². The second-order valence-corrected chi connectivity index (χ2v) is 20.9. The summed E-state index contributed by atoms with van der Waals surface area (Å²) in [5, 5.41) is 2.33. The van der Waals surface area contributed by atoms with Gasteiger partial charge in [-0.15, -0.1) is 0 Å². The van der Waals surface area contributed by atoms with Crippen molar-refractivity contribution in [2.24, 2.45) is 11.3 Å². The zero-order chi connectivity index (χ0) is 46.6. The first-order valence-corrected chi connectivity index (χ1v) is 25.0. The fourth-order valence-electron chi connectivity index (χ4n) is 12.8. The van der Waals surface area contributed by atoms with Crippen LogP contribution in [0.4, 0.5) is 0 Å². The average Bonchev–Trinajstić information content (AvgIpc) is 4.01. The van der Waals surface area contributed by atoms with E-state index >= 15 is 0 Å². The second-order valence-electron chi connectivity index (χ2n) is 20.9. The van der Waals surface area contributed by atoms with Crippen LogP contribution in [0.25, 0.3) is 72.0 Å². The summed E-state index contributed by atoms with van der Waals surface area (Å²) >= 11 is 0. The summed E-state index contributed by atoms with van der Waals surface area (Å²) in [5.41, 5.74) is 27.5. The first-order chi connectivity index (χ1) is 33.7. The molecule has 0 radical (unpaired) electrons. The molecular formula is C68H56O. The van der Waals surface area contributed by atoms with Crippen LogP contribution in [-0.2, 0) is 11.8 Å². The van der Waals surface area contributed by atoms with Gasteiger partial charge in [0, 0.05) is 16.3 Å². The fourth-order valence-corrected chi connectivity index (χ4v) is 12.8. The molecule has 0 N–H and O–H groups in total. The fraction of sp³-hybridized carbons (Fsp3) is 0.176. The molecule has 0 bridgehead atoms. The minimum absolute atomic E-state index is 0.0610. The molecule has 1 spiro atoms. The lowest BCUT2D eigenvalue weighted by molar-refractivity contribution is 0.453. The molecule has 0 saturated carbocycles. The number of rotatable bonds is 7. The largest absolute Gasteiger partial charge is 0.455 e. The molecule has 2 unspecified atom stereocenters. The molecule has 0 aliphatic heterocycles. The summed E-state index contributed by atoms with van der Waals surface area (Å²) in [6.07, 6.45) is 14.8. The Balaban J connectivity index is 0.836. The number of hydrogen-bond acceptors (Lipinski definition) is 1. The molecule has 0 fully saturated rings. The van der Waals surface area contributed by atoms with Gasteiger partial charge in [0.05, 0.1) is 5.41 Å². The molecule has 4 aliphatic carbocycles. The molecule has 4 aliphatic rings. The van der Waals surface area contributed by atoms with Gasteiger partial charge >= 0.3 is 0 Å². The van der Waals surface area contributed by atoms with Crippen LogP contribution < -0.4 is 0 Å². The van der Waals surface area contributed by atoms with Gasteiger partial charge in [-0.25, -0.2) is 0 Å². The number of furan rings is 1. The number of fused-ring (bicyclic) bond motifs is 12. The molecule has 13 rings (SSSR count). The van der Waals surface area contributed by atoms with Gasteiger partial charge in [-0.05, 0) is 158 Å². The molecule has 1 nitrogen and oxygen atoms in total. The standard InChI is InChI=1S/C68H56O/c1-42-38-58(64-59-41-67(4,5)43(2)39-62(59)68(65(64)44(42)3)60-23-12-9-18-53(60)54-19-10-13-24-61(54)68)51-36-32-47(33-37-51)46-30-34-50(35-31-46)57(48-16-7-6-8-17-48)40-45-26-28-49(29-27-45)52-21-15-22-56-55-20-11-14-25-63(55)69-66(52)56/h6-16,18-39,48,57H,17,40-41H2,1-5H3. The zero-order valence-electron chi connectivity index (χ0n) is 40.2. The maximum Gasteiger partial charge on any atom is 0.143 e. The SMILES string of the molecule is CC1=CC2=C(CC1(C)C)c1c(-c3ccc(-c4ccc(C(Cc5ccc(-c6cccc7c6oc6ccccc67)cc5)C5C=CC=CC5)cc4)cc3)cc(C)c(C)c1C21c2ccccc2-c2ccccc21. The van der Waals surface area contributed by atoms with Crippen molar-refractivity contribution in [2.45, 2.75) is 65.2 Å². The zero-order valence-corrected chi connectivity index (χ0v) is 40.2. The average molecular weight is 889 g/mol. The molecular weight excluding hydrogens is 833 g/mol. The number of benzene rings is 8. The van der Waals surface area contributed by atoms with Crippen LogP contribution in [0.2, 0.25) is 0 Å². The molecule has 0 saturated heterocycles. The highest BCUT2D eigenvalue weighted by atomic mass is 16.3. The summed E-state index contributed by atoms with van der Waals surface area (Å²) in [6, 6.07) is 63.9. The van der Waals surface area contributed by atoms with Crippen LogP contribution in [0.3, 0.4) is 0 Å². The molecule has 1 aromatic heterocycles. The van der Waals surface area contributed by atoms with E-state index in [-0.39, 0.29) is 10.8 Å². The van der Waals surface area contributed by atoms with Crippen LogP contribution in [0.5, 0.6) is 0 Å². The van der Waals surface area contributed by atoms with Crippen molar-refractivity contribution in [1.29, 1.82) is 0 Å². The van der Waals surface area contributed by atoms with Gasteiger partial charge in [0.1, 0.15) is 11.2 Å². The van der Waals surface area contributed by atoms with Gasteiger partial charge in [0.25, 0.3) is 0 Å². The molecule has 2 atom stereocenters. The Kier molecular flexibility index (Phi) is 9.54. The van der Waals surface area contributed by atoms with E-state index in [1.54, 1.807) is 0 Å². The Bertz CT molecular complexity index is 3630. The summed E-state index contributed by atoms with van der Waals surface area (Å²) in [5.74, 6) is 0.780. The van der Waals surface area contributed by atoms with Crippen molar-refractivity contribution in [3.8, 4) is 44.5 Å².